The van der Waals surface area contributed by atoms with Crippen LogP contribution in [-0.2, 0) is 14.6 Å². The number of amides is 2. The summed E-state index contributed by atoms with van der Waals surface area (Å²) in [7, 11) is -3.46. The molecule has 0 saturated carbocycles. The second-order valence-corrected chi connectivity index (χ2v) is 9.47. The third-order valence-corrected chi connectivity index (χ3v) is 5.95. The minimum atomic E-state index is -3.46. The lowest BCUT2D eigenvalue weighted by Gasteiger charge is -2.24. The van der Waals surface area contributed by atoms with Crippen molar-refractivity contribution in [1.82, 2.24) is 9.88 Å². The fourth-order valence-electron chi connectivity index (χ4n) is 3.50. The lowest BCUT2D eigenvalue weighted by atomic mass is 10.1. The van der Waals surface area contributed by atoms with E-state index in [1.807, 2.05) is 0 Å². The van der Waals surface area contributed by atoms with Crippen LogP contribution in [0.5, 0.6) is 5.75 Å². The molecule has 1 aromatic heterocycles. The van der Waals surface area contributed by atoms with Crippen molar-refractivity contribution in [3.63, 3.8) is 0 Å². The van der Waals surface area contributed by atoms with Gasteiger partial charge in [0, 0.05) is 17.8 Å². The summed E-state index contributed by atoms with van der Waals surface area (Å²) in [6, 6.07) is 13.4. The Balaban J connectivity index is 1.69. The van der Waals surface area contributed by atoms with Crippen molar-refractivity contribution in [2.75, 3.05) is 12.0 Å². The summed E-state index contributed by atoms with van der Waals surface area (Å²) >= 11 is 0. The number of benzene rings is 2. The Morgan fingerprint density at radius 3 is 2.29 bits per heavy atom. The second-order valence-electron chi connectivity index (χ2n) is 7.21. The first kappa shape index (κ1) is 20.7. The number of hydrogen-bond donors (Lipinski definition) is 0. The van der Waals surface area contributed by atoms with Crippen molar-refractivity contribution in [3.05, 3.63) is 71.9 Å². The van der Waals surface area contributed by atoms with E-state index in [0.29, 0.717) is 5.52 Å². The maximum absolute atomic E-state index is 13.1. The number of fused-ring (bicyclic) bond motifs is 2. The number of imide groups is 1. The highest BCUT2D eigenvalue weighted by Crippen LogP contribution is 2.28. The van der Waals surface area contributed by atoms with Crippen molar-refractivity contribution in [3.8, 4) is 5.75 Å². The van der Waals surface area contributed by atoms with Gasteiger partial charge in [-0.15, -0.1) is 0 Å². The molecule has 3 aromatic rings. The van der Waals surface area contributed by atoms with Crippen molar-refractivity contribution >= 4 is 38.5 Å². The van der Waals surface area contributed by atoms with Crippen LogP contribution in [0, 0.1) is 0 Å². The Labute approximate surface area is 178 Å². The number of hydrogen-bond acceptors (Lipinski definition) is 7. The van der Waals surface area contributed by atoms with Crippen LogP contribution in [0.1, 0.15) is 27.1 Å². The van der Waals surface area contributed by atoms with Crippen molar-refractivity contribution < 1.29 is 27.5 Å². The Morgan fingerprint density at radius 2 is 1.65 bits per heavy atom. The second kappa shape index (κ2) is 7.92. The number of ether oxygens (including phenoxy) is 1. The van der Waals surface area contributed by atoms with Crippen LogP contribution in [0.3, 0.4) is 0 Å². The first-order chi connectivity index (χ1) is 14.8. The third-order valence-electron chi connectivity index (χ3n) is 4.98. The Morgan fingerprint density at radius 1 is 1.00 bits per heavy atom. The summed E-state index contributed by atoms with van der Waals surface area (Å²) in [5, 5.41) is 0.737. The molecule has 0 saturated heterocycles. The average Bonchev–Trinajstić information content (AvgIpc) is 2.99. The minimum absolute atomic E-state index is 0.157. The van der Waals surface area contributed by atoms with Crippen LogP contribution >= 0.6 is 0 Å². The predicted molar refractivity (Wildman–Crippen MR) is 112 cm³/mol. The molecule has 1 aliphatic rings. The molecule has 0 bridgehead atoms. The summed E-state index contributed by atoms with van der Waals surface area (Å²) in [6.45, 7) is 0. The number of nitrogens with zero attached hydrogens (tertiary/aromatic N) is 2. The molecule has 1 aliphatic heterocycles. The summed E-state index contributed by atoms with van der Waals surface area (Å²) in [6.07, 6.45) is 2.29. The first-order valence-electron chi connectivity index (χ1n) is 9.46. The maximum Gasteiger partial charge on any atom is 0.334 e. The number of aromatic nitrogens is 1. The number of sulfone groups is 1. The molecule has 0 fully saturated rings. The highest BCUT2D eigenvalue weighted by atomic mass is 32.2. The predicted octanol–water partition coefficient (Wildman–Crippen LogP) is 2.24. The minimum Gasteiger partial charge on any atom is -0.423 e. The van der Waals surface area contributed by atoms with Gasteiger partial charge in [0.1, 0.15) is 21.4 Å². The normalized spacial score (nSPS) is 14.5. The molecule has 158 valence electrons. The zero-order valence-corrected chi connectivity index (χ0v) is 17.3. The van der Waals surface area contributed by atoms with E-state index >= 15 is 0 Å². The number of carbonyl (C=O) groups excluding carboxylic acids is 3. The lowest BCUT2D eigenvalue weighted by molar-refractivity contribution is -0.138. The number of carbonyl (C=O) groups is 3. The standard InChI is InChI=1S/C22H18N2O6S/c1-31(28,29)13-11-17(24-20(25)15-8-2-3-9-16(15)21(24)26)22(27)30-18-10-4-6-14-7-5-12-23-19(14)18/h2-10,12,17H,11,13H2,1H3. The fourth-order valence-corrected chi connectivity index (χ4v) is 4.16. The van der Waals surface area contributed by atoms with E-state index in [4.69, 9.17) is 4.74 Å². The molecule has 9 heteroatoms. The number of pyridine rings is 1. The molecule has 1 unspecified atom stereocenters. The zero-order valence-electron chi connectivity index (χ0n) is 16.5. The van der Waals surface area contributed by atoms with Crippen LogP contribution < -0.4 is 4.74 Å². The van der Waals surface area contributed by atoms with E-state index < -0.39 is 39.4 Å². The van der Waals surface area contributed by atoms with E-state index in [9.17, 15) is 22.8 Å². The van der Waals surface area contributed by atoms with Gasteiger partial charge in [0.2, 0.25) is 0 Å². The van der Waals surface area contributed by atoms with Gasteiger partial charge in [-0.25, -0.2) is 13.2 Å². The van der Waals surface area contributed by atoms with E-state index in [1.165, 1.54) is 12.1 Å². The van der Waals surface area contributed by atoms with Gasteiger partial charge >= 0.3 is 5.97 Å². The van der Waals surface area contributed by atoms with Crippen LogP contribution in [0.25, 0.3) is 10.9 Å². The molecule has 2 aromatic carbocycles. The summed E-state index contributed by atoms with van der Waals surface area (Å²) in [5.74, 6) is -2.46. The Hall–Kier alpha value is -3.59. The van der Waals surface area contributed by atoms with Gasteiger partial charge in [-0.3, -0.25) is 19.5 Å². The quantitative estimate of drug-likeness (QED) is 0.330. The molecule has 2 heterocycles. The van der Waals surface area contributed by atoms with Gasteiger partial charge < -0.3 is 4.74 Å². The van der Waals surface area contributed by atoms with Crippen molar-refractivity contribution in [1.29, 1.82) is 0 Å². The zero-order chi connectivity index (χ0) is 22.2. The Bertz CT molecular complexity index is 1280. The van der Waals surface area contributed by atoms with Crippen LogP contribution in [-0.4, -0.2) is 54.1 Å². The number of rotatable bonds is 6. The molecule has 2 amide bonds. The van der Waals surface area contributed by atoms with Gasteiger partial charge in [0.15, 0.2) is 5.75 Å². The average molecular weight is 438 g/mol. The third kappa shape index (κ3) is 4.04. The van der Waals surface area contributed by atoms with Gasteiger partial charge in [-0.2, -0.15) is 0 Å². The largest absolute Gasteiger partial charge is 0.423 e. The maximum atomic E-state index is 13.1. The highest BCUT2D eigenvalue weighted by Gasteiger charge is 2.43. The topological polar surface area (TPSA) is 111 Å². The SMILES string of the molecule is CS(=O)(=O)CCC(C(=O)Oc1cccc2cccnc12)N1C(=O)c2ccccc2C1=O. The van der Waals surface area contributed by atoms with Gasteiger partial charge in [0.05, 0.1) is 16.9 Å². The smallest absolute Gasteiger partial charge is 0.334 e. The summed E-state index contributed by atoms with van der Waals surface area (Å²) in [4.78, 5) is 43.9. The molecule has 31 heavy (non-hydrogen) atoms. The first-order valence-corrected chi connectivity index (χ1v) is 11.5. The molecular formula is C22H18N2O6S. The molecule has 0 radical (unpaired) electrons. The van der Waals surface area contributed by atoms with E-state index in [1.54, 1.807) is 48.7 Å². The monoisotopic (exact) mass is 438 g/mol. The van der Waals surface area contributed by atoms with E-state index in [0.717, 1.165) is 16.5 Å². The number of para-hydroxylation sites is 1. The highest BCUT2D eigenvalue weighted by molar-refractivity contribution is 7.90. The molecule has 0 N–H and O–H groups in total. The fraction of sp³-hybridized carbons (Fsp3) is 0.182. The van der Waals surface area contributed by atoms with Crippen molar-refractivity contribution in [2.45, 2.75) is 12.5 Å². The molecule has 4 rings (SSSR count). The van der Waals surface area contributed by atoms with Gasteiger partial charge in [-0.05, 0) is 30.7 Å². The molecular weight excluding hydrogens is 420 g/mol. The summed E-state index contributed by atoms with van der Waals surface area (Å²) < 4.78 is 29.0. The summed E-state index contributed by atoms with van der Waals surface area (Å²) in [5.41, 5.74) is 0.760. The van der Waals surface area contributed by atoms with Crippen LogP contribution in [0.2, 0.25) is 0 Å². The Kier molecular flexibility index (Phi) is 5.28. The molecule has 0 spiro atoms. The van der Waals surface area contributed by atoms with Gasteiger partial charge in [-0.1, -0.05) is 30.3 Å². The van der Waals surface area contributed by atoms with Crippen LogP contribution in [0.4, 0.5) is 0 Å². The molecule has 1 atom stereocenters. The van der Waals surface area contributed by atoms with Crippen LogP contribution in [0.15, 0.2) is 60.8 Å². The number of esters is 1. The van der Waals surface area contributed by atoms with Gasteiger partial charge in [0.25, 0.3) is 11.8 Å². The molecule has 0 aliphatic carbocycles. The molecule has 8 nitrogen and oxygen atoms in total. The van der Waals surface area contributed by atoms with Crippen molar-refractivity contribution in [2.24, 2.45) is 0 Å². The van der Waals surface area contributed by atoms with E-state index in [2.05, 4.69) is 4.98 Å². The van der Waals surface area contributed by atoms with E-state index in [-0.39, 0.29) is 23.3 Å². The lowest BCUT2D eigenvalue weighted by Crippen LogP contribution is -2.47.